The van der Waals surface area contributed by atoms with Gasteiger partial charge in [-0.2, -0.15) is 0 Å². The van der Waals surface area contributed by atoms with E-state index in [4.69, 9.17) is 4.74 Å². The molecule has 0 unspecified atom stereocenters. The van der Waals surface area contributed by atoms with Gasteiger partial charge in [-0.05, 0) is 36.8 Å². The van der Waals surface area contributed by atoms with Crippen LogP contribution in [0.1, 0.15) is 29.5 Å². The first kappa shape index (κ1) is 13.8. The fraction of sp³-hybridized carbons (Fsp3) is 0.412. The molecule has 1 amide bonds. The Bertz CT molecular complexity index is 700. The molecule has 2 aromatic rings. The number of carbonyl (C=O) groups is 1. The molecule has 114 valence electrons. The van der Waals surface area contributed by atoms with Gasteiger partial charge in [-0.1, -0.05) is 25.1 Å². The summed E-state index contributed by atoms with van der Waals surface area (Å²) in [6, 6.07) is 7.81. The van der Waals surface area contributed by atoms with E-state index >= 15 is 0 Å². The molecule has 1 N–H and O–H groups in total. The summed E-state index contributed by atoms with van der Waals surface area (Å²) in [5.74, 6) is 1.43. The van der Waals surface area contributed by atoms with Gasteiger partial charge < -0.3 is 4.74 Å². The number of hydrogen-bond donors (Lipinski definition) is 1. The minimum Gasteiger partial charge on any atom is -0.480 e. The fourth-order valence-electron chi connectivity index (χ4n) is 3.11. The number of amides is 1. The first-order valence-corrected chi connectivity index (χ1v) is 8.54. The lowest BCUT2D eigenvalue weighted by atomic mass is 9.93. The Balaban J connectivity index is 1.45. The molecule has 1 aliphatic heterocycles. The summed E-state index contributed by atoms with van der Waals surface area (Å²) in [5, 5.41) is 3.65. The van der Waals surface area contributed by atoms with Crippen LogP contribution in [0, 0.1) is 5.92 Å². The second-order valence-corrected chi connectivity index (χ2v) is 7.23. The fourth-order valence-corrected chi connectivity index (χ4v) is 4.28. The smallest absolute Gasteiger partial charge is 0.267 e. The zero-order valence-electron chi connectivity index (χ0n) is 12.5. The highest BCUT2D eigenvalue weighted by molar-refractivity contribution is 7.15. The number of ether oxygens (including phenoxy) is 1. The van der Waals surface area contributed by atoms with Crippen molar-refractivity contribution in [3.05, 3.63) is 40.4 Å². The molecule has 0 spiro atoms. The average molecular weight is 314 g/mol. The molecule has 0 fully saturated rings. The van der Waals surface area contributed by atoms with E-state index in [2.05, 4.69) is 17.2 Å². The zero-order valence-corrected chi connectivity index (χ0v) is 13.3. The summed E-state index contributed by atoms with van der Waals surface area (Å²) in [4.78, 5) is 18.3. The number of nitrogens with one attached hydrogen (secondary N) is 1. The van der Waals surface area contributed by atoms with Crippen LogP contribution in [-0.4, -0.2) is 17.0 Å². The van der Waals surface area contributed by atoms with Gasteiger partial charge in [0.15, 0.2) is 11.2 Å². The minimum absolute atomic E-state index is 0.102. The third-order valence-corrected chi connectivity index (χ3v) is 5.39. The maximum Gasteiger partial charge on any atom is 0.267 e. The average Bonchev–Trinajstić information content (AvgIpc) is 3.09. The summed E-state index contributed by atoms with van der Waals surface area (Å²) >= 11 is 1.61. The van der Waals surface area contributed by atoms with E-state index in [0.717, 1.165) is 29.8 Å². The number of benzene rings is 1. The number of aromatic nitrogens is 1. The van der Waals surface area contributed by atoms with Crippen molar-refractivity contribution < 1.29 is 9.53 Å². The Hall–Kier alpha value is -1.88. The van der Waals surface area contributed by atoms with Gasteiger partial charge in [0.05, 0.1) is 5.69 Å². The molecule has 0 bridgehead atoms. The van der Waals surface area contributed by atoms with Crippen LogP contribution >= 0.6 is 11.3 Å². The van der Waals surface area contributed by atoms with E-state index in [1.807, 2.05) is 24.3 Å². The highest BCUT2D eigenvalue weighted by atomic mass is 32.1. The van der Waals surface area contributed by atoms with Crippen molar-refractivity contribution in [3.8, 4) is 5.75 Å². The Morgan fingerprint density at radius 3 is 3.09 bits per heavy atom. The van der Waals surface area contributed by atoms with E-state index in [1.165, 1.54) is 11.3 Å². The molecule has 0 radical (unpaired) electrons. The lowest BCUT2D eigenvalue weighted by Crippen LogP contribution is -2.31. The maximum absolute atomic E-state index is 12.4. The van der Waals surface area contributed by atoms with E-state index in [-0.39, 0.29) is 5.91 Å². The first-order chi connectivity index (χ1) is 10.7. The highest BCUT2D eigenvalue weighted by Gasteiger charge is 2.30. The molecule has 4 rings (SSSR count). The summed E-state index contributed by atoms with van der Waals surface area (Å²) in [5.41, 5.74) is 2.25. The quantitative estimate of drug-likeness (QED) is 0.926. The van der Waals surface area contributed by atoms with Crippen molar-refractivity contribution in [3.63, 3.8) is 0 Å². The molecule has 2 atom stereocenters. The van der Waals surface area contributed by atoms with Crippen molar-refractivity contribution in [1.82, 2.24) is 4.98 Å². The molecule has 4 nitrogen and oxygen atoms in total. The topological polar surface area (TPSA) is 51.2 Å². The highest BCUT2D eigenvalue weighted by Crippen LogP contribution is 2.33. The molecule has 0 saturated carbocycles. The predicted molar refractivity (Wildman–Crippen MR) is 86.5 cm³/mol. The largest absolute Gasteiger partial charge is 0.480 e. The van der Waals surface area contributed by atoms with Crippen molar-refractivity contribution in [2.75, 3.05) is 5.32 Å². The van der Waals surface area contributed by atoms with Gasteiger partial charge in [0.25, 0.3) is 5.91 Å². The van der Waals surface area contributed by atoms with E-state index in [0.29, 0.717) is 17.5 Å². The number of nitrogens with zero attached hydrogens (tertiary/aromatic N) is 1. The van der Waals surface area contributed by atoms with Crippen LogP contribution < -0.4 is 10.1 Å². The molecule has 2 heterocycles. The number of thiazole rings is 1. The number of para-hydroxylation sites is 1. The van der Waals surface area contributed by atoms with Gasteiger partial charge in [0.2, 0.25) is 0 Å². The lowest BCUT2D eigenvalue weighted by Gasteiger charge is -2.15. The van der Waals surface area contributed by atoms with E-state index in [1.54, 1.807) is 11.3 Å². The zero-order chi connectivity index (χ0) is 15.1. The van der Waals surface area contributed by atoms with Gasteiger partial charge in [0.1, 0.15) is 5.75 Å². The molecule has 0 saturated heterocycles. The second-order valence-electron chi connectivity index (χ2n) is 6.14. The normalized spacial score (nSPS) is 22.6. The Morgan fingerprint density at radius 1 is 1.36 bits per heavy atom. The molecular formula is C17H18N2O2S. The maximum atomic E-state index is 12.4. The third kappa shape index (κ3) is 2.50. The lowest BCUT2D eigenvalue weighted by molar-refractivity contribution is -0.122. The third-order valence-electron chi connectivity index (χ3n) is 4.36. The Morgan fingerprint density at radius 2 is 2.23 bits per heavy atom. The monoisotopic (exact) mass is 314 g/mol. The molecule has 1 aromatic heterocycles. The molecular weight excluding hydrogens is 296 g/mol. The SMILES string of the molecule is C[C@@H]1CCc2nc(NC(=O)[C@@H]3Cc4ccccc4O3)sc2C1. The van der Waals surface area contributed by atoms with Gasteiger partial charge in [-0.3, -0.25) is 10.1 Å². The van der Waals surface area contributed by atoms with Gasteiger partial charge in [-0.15, -0.1) is 11.3 Å². The number of rotatable bonds is 2. The molecule has 22 heavy (non-hydrogen) atoms. The van der Waals surface area contributed by atoms with Crippen LogP contribution in [-0.2, 0) is 24.1 Å². The molecule has 1 aliphatic carbocycles. The molecule has 2 aliphatic rings. The number of aryl methyl sites for hydroxylation is 1. The van der Waals surface area contributed by atoms with Crippen LogP contribution in [0.4, 0.5) is 5.13 Å². The Kier molecular flexibility index (Phi) is 3.37. The van der Waals surface area contributed by atoms with Crippen LogP contribution in [0.5, 0.6) is 5.75 Å². The molecule has 5 heteroatoms. The summed E-state index contributed by atoms with van der Waals surface area (Å²) in [7, 11) is 0. The van der Waals surface area contributed by atoms with Crippen LogP contribution in [0.3, 0.4) is 0 Å². The van der Waals surface area contributed by atoms with Crippen LogP contribution in [0.15, 0.2) is 24.3 Å². The predicted octanol–water partition coefficient (Wildman–Crippen LogP) is 3.21. The number of carbonyl (C=O) groups excluding carboxylic acids is 1. The van der Waals surface area contributed by atoms with Crippen LogP contribution in [0.25, 0.3) is 0 Å². The summed E-state index contributed by atoms with van der Waals surface area (Å²) in [6.07, 6.45) is 3.47. The van der Waals surface area contributed by atoms with Crippen molar-refractivity contribution in [2.45, 2.75) is 38.7 Å². The number of anilines is 1. The van der Waals surface area contributed by atoms with Crippen molar-refractivity contribution >= 4 is 22.4 Å². The van der Waals surface area contributed by atoms with Gasteiger partial charge in [-0.25, -0.2) is 4.98 Å². The van der Waals surface area contributed by atoms with E-state index < -0.39 is 6.10 Å². The standard InChI is InChI=1S/C17H18N2O2S/c1-10-6-7-12-15(8-10)22-17(18-12)19-16(20)14-9-11-4-2-3-5-13(11)21-14/h2-5,10,14H,6-9H2,1H3,(H,18,19,20)/t10-,14+/m1/s1. The summed E-state index contributed by atoms with van der Waals surface area (Å²) in [6.45, 7) is 2.27. The first-order valence-electron chi connectivity index (χ1n) is 7.73. The number of fused-ring (bicyclic) bond motifs is 2. The van der Waals surface area contributed by atoms with Gasteiger partial charge in [0, 0.05) is 11.3 Å². The van der Waals surface area contributed by atoms with Crippen molar-refractivity contribution in [2.24, 2.45) is 5.92 Å². The van der Waals surface area contributed by atoms with E-state index in [9.17, 15) is 4.79 Å². The second kappa shape index (κ2) is 5.39. The number of hydrogen-bond acceptors (Lipinski definition) is 4. The molecule has 1 aromatic carbocycles. The Labute approximate surface area is 133 Å². The minimum atomic E-state index is -0.447. The van der Waals surface area contributed by atoms with Crippen molar-refractivity contribution in [1.29, 1.82) is 0 Å². The van der Waals surface area contributed by atoms with Gasteiger partial charge >= 0.3 is 0 Å². The van der Waals surface area contributed by atoms with Crippen LogP contribution in [0.2, 0.25) is 0 Å². The summed E-state index contributed by atoms with van der Waals surface area (Å²) < 4.78 is 5.72.